The van der Waals surface area contributed by atoms with Crippen molar-refractivity contribution in [2.75, 3.05) is 7.11 Å². The Morgan fingerprint density at radius 3 is 3.08 bits per heavy atom. The maximum Gasteiger partial charge on any atom is 0.554 e. The standard InChI is InChI=1S/C9H8NO2S/c1-12-9(11)13-5-7-3-2-4-10-8(7)6-13/h2-6H,1H3/q+1. The largest absolute Gasteiger partial charge is 0.554 e. The fourth-order valence-electron chi connectivity index (χ4n) is 1.11. The van der Waals surface area contributed by atoms with E-state index >= 15 is 0 Å². The first-order valence-electron chi connectivity index (χ1n) is 3.76. The molecule has 0 aromatic carbocycles. The van der Waals surface area contributed by atoms with Crippen LogP contribution in [0.3, 0.4) is 0 Å². The van der Waals surface area contributed by atoms with Gasteiger partial charge in [0.2, 0.25) is 0 Å². The Balaban J connectivity index is 2.56. The molecule has 0 radical (unpaired) electrons. The monoisotopic (exact) mass is 194 g/mol. The number of hydrogen-bond donors (Lipinski definition) is 0. The lowest BCUT2D eigenvalue weighted by molar-refractivity contribution is 0.199. The molecule has 2 heterocycles. The lowest BCUT2D eigenvalue weighted by atomic mass is 10.3. The molecule has 2 aromatic rings. The van der Waals surface area contributed by atoms with E-state index in [1.54, 1.807) is 6.20 Å². The van der Waals surface area contributed by atoms with Crippen molar-refractivity contribution in [3.05, 3.63) is 29.1 Å². The zero-order chi connectivity index (χ0) is 9.26. The zero-order valence-electron chi connectivity index (χ0n) is 7.06. The molecule has 1 unspecified atom stereocenters. The molecule has 13 heavy (non-hydrogen) atoms. The third kappa shape index (κ3) is 1.40. The maximum absolute atomic E-state index is 11.2. The van der Waals surface area contributed by atoms with Gasteiger partial charge in [-0.05, 0) is 12.1 Å². The topological polar surface area (TPSA) is 39.2 Å². The summed E-state index contributed by atoms with van der Waals surface area (Å²) in [5.41, 5.74) is 0.872. The van der Waals surface area contributed by atoms with E-state index in [0.717, 1.165) is 10.9 Å². The fraction of sp³-hybridized carbons (Fsp3) is 0.111. The second-order valence-electron chi connectivity index (χ2n) is 2.54. The van der Waals surface area contributed by atoms with Crippen molar-refractivity contribution in [2.24, 2.45) is 0 Å². The molecule has 0 aliphatic rings. The molecule has 2 aromatic heterocycles. The molecular weight excluding hydrogens is 186 g/mol. The average molecular weight is 194 g/mol. The van der Waals surface area contributed by atoms with Gasteiger partial charge in [-0.15, -0.1) is 0 Å². The van der Waals surface area contributed by atoms with Gasteiger partial charge in [0.15, 0.2) is 10.8 Å². The number of carbonyl (C=O) groups is 1. The van der Waals surface area contributed by atoms with Crippen LogP contribution in [0.25, 0.3) is 10.9 Å². The molecule has 0 saturated heterocycles. The number of methoxy groups -OCH3 is 1. The SMILES string of the molecule is COC(=O)[s+]1cc2cccnc2c1. The molecule has 3 nitrogen and oxygen atoms in total. The van der Waals surface area contributed by atoms with Gasteiger partial charge < -0.3 is 4.74 Å². The molecule has 0 amide bonds. The highest BCUT2D eigenvalue weighted by Gasteiger charge is 2.19. The normalized spacial score (nSPS) is 11.6. The lowest BCUT2D eigenvalue weighted by Gasteiger charge is -1.81. The summed E-state index contributed by atoms with van der Waals surface area (Å²) in [5, 5.41) is 4.52. The molecule has 0 bridgehead atoms. The van der Waals surface area contributed by atoms with E-state index in [0.29, 0.717) is 0 Å². The van der Waals surface area contributed by atoms with Gasteiger partial charge in [0.1, 0.15) is 5.52 Å². The number of ether oxygens (including phenoxy) is 1. The van der Waals surface area contributed by atoms with Crippen LogP contribution in [0.15, 0.2) is 29.1 Å². The molecule has 0 saturated carbocycles. The Hall–Kier alpha value is -1.42. The average Bonchev–Trinajstić information content (AvgIpc) is 2.59. The quantitative estimate of drug-likeness (QED) is 0.517. The van der Waals surface area contributed by atoms with Crippen LogP contribution in [0.2, 0.25) is 0 Å². The molecule has 0 N–H and O–H groups in total. The van der Waals surface area contributed by atoms with E-state index in [9.17, 15) is 4.79 Å². The summed E-state index contributed by atoms with van der Waals surface area (Å²) in [6.45, 7) is 0. The third-order valence-electron chi connectivity index (χ3n) is 1.72. The highest BCUT2D eigenvalue weighted by molar-refractivity contribution is 7.49. The third-order valence-corrected chi connectivity index (χ3v) is 3.26. The van der Waals surface area contributed by atoms with Gasteiger partial charge in [0, 0.05) is 6.20 Å². The van der Waals surface area contributed by atoms with Gasteiger partial charge in [0.25, 0.3) is 0 Å². The molecule has 0 spiro atoms. The smallest absolute Gasteiger partial charge is 0.425 e. The summed E-state index contributed by atoms with van der Waals surface area (Å²) >= 11 is 0. The molecular formula is C9H8NO2S+. The van der Waals surface area contributed by atoms with Crippen LogP contribution < -0.4 is 0 Å². The Morgan fingerprint density at radius 1 is 1.54 bits per heavy atom. The van der Waals surface area contributed by atoms with Crippen molar-refractivity contribution >= 4 is 26.7 Å². The predicted octanol–water partition coefficient (Wildman–Crippen LogP) is 2.60. The Kier molecular flexibility index (Phi) is 1.98. The van der Waals surface area contributed by atoms with Crippen LogP contribution in [-0.2, 0) is 4.74 Å². The van der Waals surface area contributed by atoms with Gasteiger partial charge >= 0.3 is 5.30 Å². The lowest BCUT2D eigenvalue weighted by Crippen LogP contribution is -1.88. The number of aromatic nitrogens is 1. The number of rotatable bonds is 1. The van der Waals surface area contributed by atoms with Crippen LogP contribution in [0.5, 0.6) is 0 Å². The highest BCUT2D eigenvalue weighted by Crippen LogP contribution is 2.27. The Morgan fingerprint density at radius 2 is 2.38 bits per heavy atom. The predicted molar refractivity (Wildman–Crippen MR) is 52.0 cm³/mol. The van der Waals surface area contributed by atoms with Crippen LogP contribution in [0.4, 0.5) is 4.79 Å². The second kappa shape index (κ2) is 3.14. The van der Waals surface area contributed by atoms with Gasteiger partial charge in [-0.25, -0.2) is 0 Å². The second-order valence-corrected chi connectivity index (χ2v) is 4.09. The summed E-state index contributed by atoms with van der Waals surface area (Å²) in [6, 6.07) is 3.79. The molecule has 2 rings (SSSR count). The van der Waals surface area contributed by atoms with Gasteiger partial charge in [-0.3, -0.25) is 4.98 Å². The van der Waals surface area contributed by atoms with E-state index in [1.807, 2.05) is 22.9 Å². The maximum atomic E-state index is 11.2. The van der Waals surface area contributed by atoms with Gasteiger partial charge in [-0.1, -0.05) is 0 Å². The van der Waals surface area contributed by atoms with Crippen molar-refractivity contribution < 1.29 is 9.53 Å². The number of fused-ring (bicyclic) bond motifs is 1. The van der Waals surface area contributed by atoms with Crippen LogP contribution in [-0.4, -0.2) is 17.4 Å². The Bertz CT molecular complexity index is 417. The fourth-order valence-corrected chi connectivity index (χ4v) is 2.47. The number of hydrogen-bond acceptors (Lipinski definition) is 3. The molecule has 66 valence electrons. The van der Waals surface area contributed by atoms with Crippen molar-refractivity contribution in [3.8, 4) is 0 Å². The number of nitrogens with zero attached hydrogens (tertiary/aromatic N) is 1. The van der Waals surface area contributed by atoms with Crippen LogP contribution in [0.1, 0.15) is 0 Å². The minimum absolute atomic E-state index is 0.210. The summed E-state index contributed by atoms with van der Waals surface area (Å²) in [4.78, 5) is 15.3. The summed E-state index contributed by atoms with van der Waals surface area (Å²) in [7, 11) is 0.854. The minimum atomic E-state index is -0.542. The number of thiophene rings is 1. The Labute approximate surface area is 77.9 Å². The molecule has 4 heteroatoms. The van der Waals surface area contributed by atoms with E-state index in [4.69, 9.17) is 0 Å². The van der Waals surface area contributed by atoms with Crippen molar-refractivity contribution in [1.29, 1.82) is 0 Å². The molecule has 0 fully saturated rings. The van der Waals surface area contributed by atoms with Crippen LogP contribution >= 0.6 is 10.5 Å². The summed E-state index contributed by atoms with van der Waals surface area (Å²) < 4.78 is 4.65. The van der Waals surface area contributed by atoms with E-state index < -0.39 is 10.5 Å². The highest BCUT2D eigenvalue weighted by atomic mass is 32.2. The van der Waals surface area contributed by atoms with Gasteiger partial charge in [-0.2, -0.15) is 4.79 Å². The minimum Gasteiger partial charge on any atom is -0.425 e. The van der Waals surface area contributed by atoms with E-state index in [-0.39, 0.29) is 5.30 Å². The van der Waals surface area contributed by atoms with Crippen molar-refractivity contribution in [2.45, 2.75) is 0 Å². The number of pyridine rings is 1. The molecule has 0 aliphatic carbocycles. The van der Waals surface area contributed by atoms with E-state index in [2.05, 4.69) is 9.72 Å². The first-order valence-corrected chi connectivity index (χ1v) is 5.11. The van der Waals surface area contributed by atoms with Crippen LogP contribution in [0, 0.1) is 0 Å². The van der Waals surface area contributed by atoms with Crippen molar-refractivity contribution in [3.63, 3.8) is 0 Å². The van der Waals surface area contributed by atoms with Gasteiger partial charge in [0.05, 0.1) is 23.0 Å². The molecule has 0 aliphatic heterocycles. The molecule has 1 atom stereocenters. The van der Waals surface area contributed by atoms with Crippen molar-refractivity contribution in [1.82, 2.24) is 4.98 Å². The summed E-state index contributed by atoms with van der Waals surface area (Å²) in [6.07, 6.45) is 1.72. The number of carbonyl (C=O) groups excluding carboxylic acids is 1. The summed E-state index contributed by atoms with van der Waals surface area (Å²) in [5.74, 6) is 0. The zero-order valence-corrected chi connectivity index (χ0v) is 7.88. The first-order chi connectivity index (χ1) is 6.31. The first kappa shape index (κ1) is 8.19. The van der Waals surface area contributed by atoms with E-state index in [1.165, 1.54) is 7.11 Å².